The van der Waals surface area contributed by atoms with Gasteiger partial charge in [0.2, 0.25) is 5.91 Å². The molecule has 15 heavy (non-hydrogen) atoms. The van der Waals surface area contributed by atoms with Crippen molar-refractivity contribution in [1.29, 1.82) is 0 Å². The Kier molecular flexibility index (Phi) is 5.09. The summed E-state index contributed by atoms with van der Waals surface area (Å²) in [5.74, 6) is 0.749. The first-order chi connectivity index (χ1) is 7.11. The number of rotatable bonds is 5. The third-order valence-electron chi connectivity index (χ3n) is 3.37. The van der Waals surface area contributed by atoms with Crippen LogP contribution in [-0.2, 0) is 4.79 Å². The summed E-state index contributed by atoms with van der Waals surface area (Å²) in [6, 6.07) is 0.625. The first kappa shape index (κ1) is 12.5. The van der Waals surface area contributed by atoms with Crippen molar-refractivity contribution in [3.63, 3.8) is 0 Å². The maximum absolute atomic E-state index is 11.6. The average Bonchev–Trinajstić information content (AvgIpc) is 2.69. The molecule has 2 atom stereocenters. The second-order valence-electron chi connectivity index (χ2n) is 4.91. The minimum Gasteiger partial charge on any atom is -0.356 e. The predicted molar refractivity (Wildman–Crippen MR) is 62.7 cm³/mol. The van der Waals surface area contributed by atoms with Crippen molar-refractivity contribution in [3.05, 3.63) is 0 Å². The summed E-state index contributed by atoms with van der Waals surface area (Å²) in [6.07, 6.45) is 3.60. The molecule has 1 heterocycles. The van der Waals surface area contributed by atoms with E-state index in [2.05, 4.69) is 24.5 Å². The highest BCUT2D eigenvalue weighted by molar-refractivity contribution is 5.78. The highest BCUT2D eigenvalue weighted by atomic mass is 16.1. The zero-order valence-electron chi connectivity index (χ0n) is 10.2. The van der Waals surface area contributed by atoms with Crippen molar-refractivity contribution in [1.82, 2.24) is 10.6 Å². The third kappa shape index (κ3) is 4.20. The summed E-state index contributed by atoms with van der Waals surface area (Å²) < 4.78 is 0. The van der Waals surface area contributed by atoms with Gasteiger partial charge in [-0.2, -0.15) is 0 Å². The van der Waals surface area contributed by atoms with Crippen molar-refractivity contribution in [2.24, 2.45) is 11.8 Å². The van der Waals surface area contributed by atoms with Gasteiger partial charge in [0.25, 0.3) is 0 Å². The summed E-state index contributed by atoms with van der Waals surface area (Å²) in [4.78, 5) is 11.6. The molecule has 2 unspecified atom stereocenters. The van der Waals surface area contributed by atoms with E-state index in [0.717, 1.165) is 19.5 Å². The van der Waals surface area contributed by atoms with Gasteiger partial charge in [0, 0.05) is 18.5 Å². The fourth-order valence-electron chi connectivity index (χ4n) is 1.84. The summed E-state index contributed by atoms with van der Waals surface area (Å²) in [6.45, 7) is 8.12. The van der Waals surface area contributed by atoms with Crippen LogP contribution >= 0.6 is 0 Å². The second-order valence-corrected chi connectivity index (χ2v) is 4.91. The maximum atomic E-state index is 11.6. The van der Waals surface area contributed by atoms with Gasteiger partial charge in [0.1, 0.15) is 0 Å². The highest BCUT2D eigenvalue weighted by Crippen LogP contribution is 2.10. The van der Waals surface area contributed by atoms with Crippen molar-refractivity contribution < 1.29 is 4.79 Å². The van der Waals surface area contributed by atoms with Crippen molar-refractivity contribution >= 4 is 5.91 Å². The maximum Gasteiger partial charge on any atom is 0.223 e. The van der Waals surface area contributed by atoms with Gasteiger partial charge in [0.15, 0.2) is 0 Å². The lowest BCUT2D eigenvalue weighted by atomic mass is 9.97. The van der Waals surface area contributed by atoms with Gasteiger partial charge in [-0.3, -0.25) is 4.79 Å². The SMILES string of the molecule is CC(C)C(C)C(=O)NCCC1CCCN1. The number of nitrogens with one attached hydrogen (secondary N) is 2. The minimum atomic E-state index is 0.126. The molecule has 3 nitrogen and oxygen atoms in total. The van der Waals surface area contributed by atoms with Crippen LogP contribution in [0.25, 0.3) is 0 Å². The van der Waals surface area contributed by atoms with Crippen LogP contribution in [0.1, 0.15) is 40.0 Å². The zero-order valence-corrected chi connectivity index (χ0v) is 10.2. The molecule has 88 valence electrons. The monoisotopic (exact) mass is 212 g/mol. The van der Waals surface area contributed by atoms with Crippen molar-refractivity contribution in [2.45, 2.75) is 46.1 Å². The molecule has 1 aliphatic rings. The van der Waals surface area contributed by atoms with Crippen LogP contribution in [-0.4, -0.2) is 25.0 Å². The van der Waals surface area contributed by atoms with E-state index in [0.29, 0.717) is 12.0 Å². The smallest absolute Gasteiger partial charge is 0.223 e. The lowest BCUT2D eigenvalue weighted by Crippen LogP contribution is -2.35. The predicted octanol–water partition coefficient (Wildman–Crippen LogP) is 1.54. The first-order valence-electron chi connectivity index (χ1n) is 6.12. The summed E-state index contributed by atoms with van der Waals surface area (Å²) in [5.41, 5.74) is 0. The standard InChI is InChI=1S/C12H24N2O/c1-9(2)10(3)12(15)14-8-6-11-5-4-7-13-11/h9-11,13H,4-8H2,1-3H3,(H,14,15). The quantitative estimate of drug-likeness (QED) is 0.726. The van der Waals surface area contributed by atoms with E-state index in [1.165, 1.54) is 12.8 Å². The van der Waals surface area contributed by atoms with Gasteiger partial charge < -0.3 is 10.6 Å². The Hall–Kier alpha value is -0.570. The van der Waals surface area contributed by atoms with Crippen molar-refractivity contribution in [3.8, 4) is 0 Å². The molecule has 1 saturated heterocycles. The van der Waals surface area contributed by atoms with Crippen molar-refractivity contribution in [2.75, 3.05) is 13.1 Å². The fraction of sp³-hybridized carbons (Fsp3) is 0.917. The molecule has 0 spiro atoms. The van der Waals surface area contributed by atoms with Gasteiger partial charge in [-0.05, 0) is 31.7 Å². The van der Waals surface area contributed by atoms with E-state index in [1.54, 1.807) is 0 Å². The number of amides is 1. The number of carbonyl (C=O) groups is 1. The molecule has 0 aromatic carbocycles. The Morgan fingerprint density at radius 3 is 2.73 bits per heavy atom. The Balaban J connectivity index is 2.11. The average molecular weight is 212 g/mol. The van der Waals surface area contributed by atoms with Crippen LogP contribution in [0.3, 0.4) is 0 Å². The molecule has 0 aromatic rings. The van der Waals surface area contributed by atoms with Crippen LogP contribution in [0.5, 0.6) is 0 Å². The summed E-state index contributed by atoms with van der Waals surface area (Å²) in [5, 5.41) is 6.44. The van der Waals surface area contributed by atoms with E-state index in [-0.39, 0.29) is 11.8 Å². The topological polar surface area (TPSA) is 41.1 Å². The number of carbonyl (C=O) groups excluding carboxylic acids is 1. The summed E-state index contributed by atoms with van der Waals surface area (Å²) in [7, 11) is 0. The van der Waals surface area contributed by atoms with Gasteiger partial charge in [-0.15, -0.1) is 0 Å². The molecule has 0 aromatic heterocycles. The molecule has 3 heteroatoms. The lowest BCUT2D eigenvalue weighted by Gasteiger charge is -2.16. The Labute approximate surface area is 93.0 Å². The van der Waals surface area contributed by atoms with E-state index in [4.69, 9.17) is 0 Å². The van der Waals surface area contributed by atoms with Crippen LogP contribution < -0.4 is 10.6 Å². The zero-order chi connectivity index (χ0) is 11.3. The van der Waals surface area contributed by atoms with E-state index in [9.17, 15) is 4.79 Å². The van der Waals surface area contributed by atoms with Crippen LogP contribution in [0.15, 0.2) is 0 Å². The van der Waals surface area contributed by atoms with Crippen LogP contribution in [0, 0.1) is 11.8 Å². The van der Waals surface area contributed by atoms with Gasteiger partial charge in [0.05, 0.1) is 0 Å². The second kappa shape index (κ2) is 6.11. The van der Waals surface area contributed by atoms with E-state index < -0.39 is 0 Å². The van der Waals surface area contributed by atoms with E-state index in [1.807, 2.05) is 6.92 Å². The molecule has 0 radical (unpaired) electrons. The molecule has 1 fully saturated rings. The molecule has 0 bridgehead atoms. The molecule has 1 amide bonds. The highest BCUT2D eigenvalue weighted by Gasteiger charge is 2.17. The molecule has 2 N–H and O–H groups in total. The Morgan fingerprint density at radius 2 is 2.20 bits per heavy atom. The third-order valence-corrected chi connectivity index (χ3v) is 3.37. The van der Waals surface area contributed by atoms with Crippen LogP contribution in [0.4, 0.5) is 0 Å². The van der Waals surface area contributed by atoms with Gasteiger partial charge in [-0.25, -0.2) is 0 Å². The first-order valence-corrected chi connectivity index (χ1v) is 6.12. The molecular formula is C12H24N2O. The van der Waals surface area contributed by atoms with Gasteiger partial charge >= 0.3 is 0 Å². The van der Waals surface area contributed by atoms with Crippen LogP contribution in [0.2, 0.25) is 0 Å². The Morgan fingerprint density at radius 1 is 1.47 bits per heavy atom. The molecule has 1 aliphatic heterocycles. The molecule has 1 rings (SSSR count). The minimum absolute atomic E-state index is 0.126. The molecule has 0 aliphatic carbocycles. The lowest BCUT2D eigenvalue weighted by molar-refractivity contribution is -0.125. The number of hydrogen-bond donors (Lipinski definition) is 2. The largest absolute Gasteiger partial charge is 0.356 e. The molecular weight excluding hydrogens is 188 g/mol. The van der Waals surface area contributed by atoms with E-state index >= 15 is 0 Å². The van der Waals surface area contributed by atoms with Gasteiger partial charge in [-0.1, -0.05) is 20.8 Å². The normalized spacial score (nSPS) is 23.1. The molecule has 0 saturated carbocycles. The summed E-state index contributed by atoms with van der Waals surface area (Å²) >= 11 is 0. The fourth-order valence-corrected chi connectivity index (χ4v) is 1.84. The number of hydrogen-bond acceptors (Lipinski definition) is 2. The Bertz CT molecular complexity index is 198.